The maximum atomic E-state index is 13.3. The number of benzene rings is 2. The number of alkyl halides is 3. The number of esters is 1. The summed E-state index contributed by atoms with van der Waals surface area (Å²) in [5, 5.41) is 0. The Morgan fingerprint density at radius 2 is 1.73 bits per heavy atom. The Morgan fingerprint density at radius 3 is 2.33 bits per heavy atom. The second-order valence-electron chi connectivity index (χ2n) is 6.80. The Balaban J connectivity index is 2.16. The Morgan fingerprint density at radius 1 is 1.10 bits per heavy atom. The fourth-order valence-corrected chi connectivity index (χ4v) is 4.19. The first kappa shape index (κ1) is 21.9. The molecule has 0 saturated heterocycles. The van der Waals surface area contributed by atoms with Crippen LogP contribution >= 0.6 is 0 Å². The number of anilines is 1. The maximum absolute atomic E-state index is 13.3. The first-order chi connectivity index (χ1) is 14.0. The van der Waals surface area contributed by atoms with Gasteiger partial charge < -0.3 is 4.74 Å². The van der Waals surface area contributed by atoms with Crippen LogP contribution in [0.4, 0.5) is 18.9 Å². The van der Waals surface area contributed by atoms with Gasteiger partial charge in [0, 0.05) is 12.1 Å². The molecule has 0 aromatic heterocycles. The summed E-state index contributed by atoms with van der Waals surface area (Å²) in [7, 11) is -5.63. The number of halogens is 3. The topological polar surface area (TPSA) is 63.7 Å². The van der Waals surface area contributed by atoms with Crippen LogP contribution in [0, 0.1) is 6.92 Å². The third-order valence-electron chi connectivity index (χ3n) is 4.72. The molecule has 30 heavy (non-hydrogen) atoms. The summed E-state index contributed by atoms with van der Waals surface area (Å²) in [6.45, 7) is 3.11. The SMILES string of the molecule is CCOC(=O)C1=Cc2cc(-c3ccc(C)cc3)ccc2N(S(=O)(=O)C(F)(F)F)CC1. The van der Waals surface area contributed by atoms with Crippen LogP contribution < -0.4 is 4.31 Å². The van der Waals surface area contributed by atoms with Crippen LogP contribution in [0.2, 0.25) is 0 Å². The third-order valence-corrected chi connectivity index (χ3v) is 6.26. The number of hydrogen-bond donors (Lipinski definition) is 0. The zero-order valence-electron chi connectivity index (χ0n) is 16.4. The average Bonchev–Trinajstić information content (AvgIpc) is 2.87. The average molecular weight is 439 g/mol. The van der Waals surface area contributed by atoms with Crippen molar-refractivity contribution in [3.63, 3.8) is 0 Å². The largest absolute Gasteiger partial charge is 0.516 e. The molecule has 3 rings (SSSR count). The van der Waals surface area contributed by atoms with Gasteiger partial charge in [-0.25, -0.2) is 4.79 Å². The highest BCUT2D eigenvalue weighted by Crippen LogP contribution is 2.38. The number of ether oxygens (including phenoxy) is 1. The van der Waals surface area contributed by atoms with Gasteiger partial charge in [-0.1, -0.05) is 35.9 Å². The number of carbonyl (C=O) groups excluding carboxylic acids is 1. The van der Waals surface area contributed by atoms with Crippen molar-refractivity contribution in [1.29, 1.82) is 0 Å². The zero-order chi connectivity index (χ0) is 22.1. The lowest BCUT2D eigenvalue weighted by Gasteiger charge is -2.25. The van der Waals surface area contributed by atoms with Gasteiger partial charge in [0.2, 0.25) is 0 Å². The number of aryl methyl sites for hydroxylation is 1. The summed E-state index contributed by atoms with van der Waals surface area (Å²) in [6, 6.07) is 12.0. The van der Waals surface area contributed by atoms with Crippen LogP contribution in [0.1, 0.15) is 24.5 Å². The molecule has 2 aromatic rings. The molecule has 5 nitrogen and oxygen atoms in total. The summed E-state index contributed by atoms with van der Waals surface area (Å²) in [5.41, 5.74) is -2.76. The number of carbonyl (C=O) groups is 1. The predicted molar refractivity (Wildman–Crippen MR) is 108 cm³/mol. The number of hydrogen-bond acceptors (Lipinski definition) is 4. The van der Waals surface area contributed by atoms with E-state index in [2.05, 4.69) is 0 Å². The Kier molecular flexibility index (Phi) is 5.94. The van der Waals surface area contributed by atoms with E-state index >= 15 is 0 Å². The molecule has 0 amide bonds. The Labute approximate surface area is 172 Å². The quantitative estimate of drug-likeness (QED) is 0.650. The molecule has 0 spiro atoms. The smallest absolute Gasteiger partial charge is 0.463 e. The van der Waals surface area contributed by atoms with E-state index < -0.39 is 28.0 Å². The molecule has 1 aliphatic heterocycles. The molecular weight excluding hydrogens is 419 g/mol. The van der Waals surface area contributed by atoms with E-state index in [0.29, 0.717) is 9.87 Å². The van der Waals surface area contributed by atoms with Crippen molar-refractivity contribution in [2.45, 2.75) is 25.8 Å². The highest BCUT2D eigenvalue weighted by Gasteiger charge is 2.50. The minimum atomic E-state index is -5.63. The van der Waals surface area contributed by atoms with Crippen LogP contribution in [0.15, 0.2) is 48.0 Å². The number of rotatable bonds is 4. The van der Waals surface area contributed by atoms with E-state index in [1.54, 1.807) is 19.1 Å². The molecular formula is C21H20F3NO4S. The molecule has 0 aliphatic carbocycles. The Hall–Kier alpha value is -2.81. The summed E-state index contributed by atoms with van der Waals surface area (Å²) in [6.07, 6.45) is 1.19. The van der Waals surface area contributed by atoms with Crippen molar-refractivity contribution in [3.8, 4) is 11.1 Å². The second kappa shape index (κ2) is 8.14. The number of nitrogens with zero attached hydrogens (tertiary/aromatic N) is 1. The van der Waals surface area contributed by atoms with Crippen molar-refractivity contribution in [1.82, 2.24) is 0 Å². The van der Waals surface area contributed by atoms with Crippen molar-refractivity contribution >= 4 is 27.8 Å². The second-order valence-corrected chi connectivity index (χ2v) is 8.66. The van der Waals surface area contributed by atoms with Crippen molar-refractivity contribution in [2.75, 3.05) is 17.5 Å². The molecule has 0 N–H and O–H groups in total. The maximum Gasteiger partial charge on any atom is 0.516 e. The molecule has 2 aromatic carbocycles. The Bertz CT molecular complexity index is 1090. The fraction of sp³-hybridized carbons (Fsp3) is 0.286. The van der Waals surface area contributed by atoms with Crippen molar-refractivity contribution in [2.24, 2.45) is 0 Å². The normalized spacial score (nSPS) is 14.6. The van der Waals surface area contributed by atoms with Crippen LogP contribution in [-0.4, -0.2) is 33.0 Å². The standard InChI is InChI=1S/C21H20F3NO4S/c1-3-29-20(26)17-10-11-25(30(27,28)21(22,23)24)19-9-8-16(12-18(19)13-17)15-6-4-14(2)5-7-15/h4-9,12-13H,3,10-11H2,1-2H3. The van der Waals surface area contributed by atoms with Gasteiger partial charge in [-0.15, -0.1) is 0 Å². The fourth-order valence-electron chi connectivity index (χ4n) is 3.18. The predicted octanol–water partition coefficient (Wildman–Crippen LogP) is 4.67. The third kappa shape index (κ3) is 4.21. The highest BCUT2D eigenvalue weighted by atomic mass is 32.2. The minimum absolute atomic E-state index is 0.0942. The van der Waals surface area contributed by atoms with E-state index in [-0.39, 0.29) is 29.9 Å². The molecule has 0 bridgehead atoms. The van der Waals surface area contributed by atoms with Crippen molar-refractivity contribution < 1.29 is 31.1 Å². The van der Waals surface area contributed by atoms with E-state index in [4.69, 9.17) is 4.74 Å². The van der Waals surface area contributed by atoms with E-state index in [1.165, 1.54) is 12.1 Å². The minimum Gasteiger partial charge on any atom is -0.463 e. The molecule has 0 radical (unpaired) electrons. The van der Waals surface area contributed by atoms with Crippen LogP contribution in [-0.2, 0) is 19.6 Å². The van der Waals surface area contributed by atoms with E-state index in [9.17, 15) is 26.4 Å². The summed E-state index contributed by atoms with van der Waals surface area (Å²) >= 11 is 0. The molecule has 0 saturated carbocycles. The van der Waals surface area contributed by atoms with Gasteiger partial charge in [-0.3, -0.25) is 4.31 Å². The van der Waals surface area contributed by atoms with Crippen molar-refractivity contribution in [3.05, 3.63) is 59.2 Å². The number of fused-ring (bicyclic) bond motifs is 1. The first-order valence-corrected chi connectivity index (χ1v) is 10.7. The molecule has 9 heteroatoms. The summed E-state index contributed by atoms with van der Waals surface area (Å²) < 4.78 is 69.4. The van der Waals surface area contributed by atoms with E-state index in [0.717, 1.165) is 11.1 Å². The van der Waals surface area contributed by atoms with Crippen LogP contribution in [0.3, 0.4) is 0 Å². The van der Waals surface area contributed by atoms with Gasteiger partial charge in [0.05, 0.1) is 12.3 Å². The molecule has 0 fully saturated rings. The lowest BCUT2D eigenvalue weighted by molar-refractivity contribution is -0.138. The van der Waals surface area contributed by atoms with Crippen LogP contribution in [0.25, 0.3) is 17.2 Å². The lowest BCUT2D eigenvalue weighted by Crippen LogP contribution is -2.41. The van der Waals surface area contributed by atoms with Gasteiger partial charge in [0.25, 0.3) is 0 Å². The van der Waals surface area contributed by atoms with Gasteiger partial charge in [-0.2, -0.15) is 21.6 Å². The number of sulfonamides is 1. The first-order valence-electron chi connectivity index (χ1n) is 9.22. The van der Waals surface area contributed by atoms with Gasteiger partial charge in [-0.05, 0) is 55.2 Å². The molecule has 1 aliphatic rings. The summed E-state index contributed by atoms with van der Waals surface area (Å²) in [5.74, 6) is -0.685. The molecule has 160 valence electrons. The molecule has 0 unspecified atom stereocenters. The highest BCUT2D eigenvalue weighted by molar-refractivity contribution is 7.93. The zero-order valence-corrected chi connectivity index (χ0v) is 17.2. The lowest BCUT2D eigenvalue weighted by atomic mass is 10.00. The van der Waals surface area contributed by atoms with Crippen LogP contribution in [0.5, 0.6) is 0 Å². The van der Waals surface area contributed by atoms with Gasteiger partial charge >= 0.3 is 21.5 Å². The monoisotopic (exact) mass is 439 g/mol. The van der Waals surface area contributed by atoms with E-state index in [1.807, 2.05) is 31.2 Å². The molecule has 0 atom stereocenters. The molecule has 1 heterocycles. The van der Waals surface area contributed by atoms with Gasteiger partial charge in [0.15, 0.2) is 0 Å². The van der Waals surface area contributed by atoms with Gasteiger partial charge in [0.1, 0.15) is 0 Å². The summed E-state index contributed by atoms with van der Waals surface area (Å²) in [4.78, 5) is 12.2.